The van der Waals surface area contributed by atoms with Crippen LogP contribution in [0, 0.1) is 6.92 Å². The molecule has 0 aliphatic heterocycles. The van der Waals surface area contributed by atoms with E-state index in [9.17, 15) is 0 Å². The van der Waals surface area contributed by atoms with E-state index in [0.29, 0.717) is 0 Å². The lowest BCUT2D eigenvalue weighted by molar-refractivity contribution is 0.813. The van der Waals surface area contributed by atoms with Gasteiger partial charge in [0.05, 0.1) is 12.9 Å². The lowest BCUT2D eigenvalue weighted by atomic mass is 10.1. The van der Waals surface area contributed by atoms with E-state index in [-0.39, 0.29) is 0 Å². The summed E-state index contributed by atoms with van der Waals surface area (Å²) in [5.74, 6) is 0.724. The number of nitrogens with zero attached hydrogens (tertiary/aromatic N) is 4. The molecule has 2 aromatic heterocycles. The number of hydrogen-bond acceptors (Lipinski definition) is 4. The summed E-state index contributed by atoms with van der Waals surface area (Å²) in [4.78, 5) is 13.4. The van der Waals surface area contributed by atoms with Gasteiger partial charge in [-0.05, 0) is 36.6 Å². The molecule has 0 atom stereocenters. The monoisotopic (exact) mass is 343 g/mol. The molecule has 0 radical (unpaired) electrons. The molecule has 1 N–H and O–H groups in total. The lowest BCUT2D eigenvalue weighted by Crippen LogP contribution is -2.01. The van der Waals surface area contributed by atoms with Gasteiger partial charge in [-0.2, -0.15) is 0 Å². The minimum absolute atomic E-state index is 0.724. The van der Waals surface area contributed by atoms with Crippen molar-refractivity contribution < 1.29 is 0 Å². The summed E-state index contributed by atoms with van der Waals surface area (Å²) in [6.45, 7) is 4.98. The first-order chi connectivity index (χ1) is 12.7. The van der Waals surface area contributed by atoms with Gasteiger partial charge in [0.25, 0.3) is 0 Å². The number of hydrogen-bond donors (Lipinski definition) is 1. The maximum Gasteiger partial charge on any atom is 0.165 e. The van der Waals surface area contributed by atoms with Crippen molar-refractivity contribution >= 4 is 22.7 Å². The molecule has 0 spiro atoms. The summed E-state index contributed by atoms with van der Waals surface area (Å²) in [5.41, 5.74) is 6.39. The van der Waals surface area contributed by atoms with Crippen LogP contribution in [-0.4, -0.2) is 19.5 Å². The van der Waals surface area contributed by atoms with Crippen LogP contribution in [0.2, 0.25) is 0 Å². The zero-order valence-corrected chi connectivity index (χ0v) is 15.0. The maximum absolute atomic E-state index is 4.54. The molecule has 2 heterocycles. The average molecular weight is 343 g/mol. The molecule has 0 fully saturated rings. The van der Waals surface area contributed by atoms with E-state index in [1.807, 2.05) is 10.9 Å². The minimum Gasteiger partial charge on any atom is -0.338 e. The van der Waals surface area contributed by atoms with Gasteiger partial charge in [0.15, 0.2) is 17.0 Å². The quantitative estimate of drug-likeness (QED) is 0.580. The Hall–Kier alpha value is -3.21. The average Bonchev–Trinajstić information content (AvgIpc) is 3.08. The number of anilines is 2. The predicted molar refractivity (Wildman–Crippen MR) is 105 cm³/mol. The minimum atomic E-state index is 0.724. The van der Waals surface area contributed by atoms with E-state index in [4.69, 9.17) is 0 Å². The Bertz CT molecular complexity index is 1020. The fourth-order valence-corrected chi connectivity index (χ4v) is 2.94. The molecule has 130 valence electrons. The van der Waals surface area contributed by atoms with Gasteiger partial charge in [0.2, 0.25) is 0 Å². The number of benzene rings is 2. The summed E-state index contributed by atoms with van der Waals surface area (Å²) in [5, 5.41) is 3.36. The second kappa shape index (κ2) is 6.96. The summed E-state index contributed by atoms with van der Waals surface area (Å²) in [6, 6.07) is 16.9. The summed E-state index contributed by atoms with van der Waals surface area (Å²) in [6.07, 6.45) is 4.43. The number of imidazole rings is 1. The second-order valence-electron chi connectivity index (χ2n) is 6.43. The van der Waals surface area contributed by atoms with Crippen molar-refractivity contribution in [2.75, 3.05) is 5.32 Å². The Balaban J connectivity index is 1.62. The van der Waals surface area contributed by atoms with Gasteiger partial charge < -0.3 is 9.88 Å². The summed E-state index contributed by atoms with van der Waals surface area (Å²) in [7, 11) is 0. The Morgan fingerprint density at radius 3 is 2.35 bits per heavy atom. The molecule has 26 heavy (non-hydrogen) atoms. The van der Waals surface area contributed by atoms with Crippen LogP contribution in [-0.2, 0) is 13.0 Å². The van der Waals surface area contributed by atoms with Gasteiger partial charge >= 0.3 is 0 Å². The van der Waals surface area contributed by atoms with Crippen molar-refractivity contribution in [3.05, 3.63) is 77.9 Å². The van der Waals surface area contributed by atoms with Crippen LogP contribution in [0.1, 0.15) is 23.6 Å². The molecule has 0 saturated carbocycles. The highest BCUT2D eigenvalue weighted by molar-refractivity contribution is 5.85. The molecule has 0 bridgehead atoms. The number of rotatable bonds is 5. The van der Waals surface area contributed by atoms with Crippen LogP contribution >= 0.6 is 0 Å². The van der Waals surface area contributed by atoms with E-state index < -0.39 is 0 Å². The second-order valence-corrected chi connectivity index (χ2v) is 6.43. The summed E-state index contributed by atoms with van der Waals surface area (Å²) < 4.78 is 2.05. The van der Waals surface area contributed by atoms with E-state index >= 15 is 0 Å². The standard InChI is InChI=1S/C21H21N5/c1-3-16-8-10-18(11-9-16)25-20-19-21(23-13-22-20)26(14-24-19)12-17-6-4-15(2)5-7-17/h4-11,13-14H,3,12H2,1-2H3,(H,22,23,25). The highest BCUT2D eigenvalue weighted by Crippen LogP contribution is 2.22. The molecular weight excluding hydrogens is 322 g/mol. The Labute approximate surface area is 152 Å². The Morgan fingerprint density at radius 2 is 1.62 bits per heavy atom. The zero-order valence-electron chi connectivity index (χ0n) is 15.0. The van der Waals surface area contributed by atoms with Crippen molar-refractivity contribution in [2.24, 2.45) is 0 Å². The third kappa shape index (κ3) is 3.28. The predicted octanol–water partition coefficient (Wildman–Crippen LogP) is 4.49. The fraction of sp³-hybridized carbons (Fsp3) is 0.190. The molecule has 0 aliphatic carbocycles. The molecule has 0 unspecified atom stereocenters. The maximum atomic E-state index is 4.54. The van der Waals surface area contributed by atoms with Crippen LogP contribution in [0.25, 0.3) is 11.2 Å². The van der Waals surface area contributed by atoms with Crippen molar-refractivity contribution in [1.82, 2.24) is 19.5 Å². The van der Waals surface area contributed by atoms with Crippen molar-refractivity contribution in [2.45, 2.75) is 26.8 Å². The molecule has 5 heteroatoms. The van der Waals surface area contributed by atoms with Crippen LogP contribution in [0.5, 0.6) is 0 Å². The third-order valence-electron chi connectivity index (χ3n) is 4.50. The molecule has 5 nitrogen and oxygen atoms in total. The third-order valence-corrected chi connectivity index (χ3v) is 4.50. The zero-order chi connectivity index (χ0) is 17.9. The van der Waals surface area contributed by atoms with Gasteiger partial charge in [-0.25, -0.2) is 15.0 Å². The smallest absolute Gasteiger partial charge is 0.165 e. The highest BCUT2D eigenvalue weighted by atomic mass is 15.1. The van der Waals surface area contributed by atoms with Gasteiger partial charge in [0.1, 0.15) is 6.33 Å². The topological polar surface area (TPSA) is 55.6 Å². The van der Waals surface area contributed by atoms with Crippen LogP contribution in [0.3, 0.4) is 0 Å². The first-order valence-corrected chi connectivity index (χ1v) is 8.80. The number of nitrogens with one attached hydrogen (secondary N) is 1. The first kappa shape index (κ1) is 16.3. The van der Waals surface area contributed by atoms with E-state index in [0.717, 1.165) is 35.6 Å². The molecule has 0 saturated heterocycles. The molecule has 4 aromatic rings. The van der Waals surface area contributed by atoms with Crippen molar-refractivity contribution in [1.29, 1.82) is 0 Å². The summed E-state index contributed by atoms with van der Waals surface area (Å²) >= 11 is 0. The van der Waals surface area contributed by atoms with Crippen LogP contribution in [0.4, 0.5) is 11.5 Å². The van der Waals surface area contributed by atoms with E-state index in [1.165, 1.54) is 16.7 Å². The Morgan fingerprint density at radius 1 is 0.885 bits per heavy atom. The molecule has 0 aliphatic rings. The molecular formula is C21H21N5. The van der Waals surface area contributed by atoms with Crippen LogP contribution < -0.4 is 5.32 Å². The van der Waals surface area contributed by atoms with E-state index in [2.05, 4.69) is 82.6 Å². The van der Waals surface area contributed by atoms with Crippen LogP contribution in [0.15, 0.2) is 61.2 Å². The molecule has 2 aromatic carbocycles. The molecule has 0 amide bonds. The Kier molecular flexibility index (Phi) is 4.35. The van der Waals surface area contributed by atoms with Crippen molar-refractivity contribution in [3.63, 3.8) is 0 Å². The van der Waals surface area contributed by atoms with Gasteiger partial charge in [-0.15, -0.1) is 0 Å². The van der Waals surface area contributed by atoms with E-state index in [1.54, 1.807) is 6.33 Å². The normalized spacial score (nSPS) is 11.0. The van der Waals surface area contributed by atoms with Gasteiger partial charge in [-0.3, -0.25) is 0 Å². The number of aromatic nitrogens is 4. The molecule has 4 rings (SSSR count). The van der Waals surface area contributed by atoms with Gasteiger partial charge in [0, 0.05) is 5.69 Å². The largest absolute Gasteiger partial charge is 0.338 e. The number of aryl methyl sites for hydroxylation is 2. The SMILES string of the molecule is CCc1ccc(Nc2ncnc3c2ncn3Cc2ccc(C)cc2)cc1. The highest BCUT2D eigenvalue weighted by Gasteiger charge is 2.10. The number of fused-ring (bicyclic) bond motifs is 1. The fourth-order valence-electron chi connectivity index (χ4n) is 2.94. The first-order valence-electron chi connectivity index (χ1n) is 8.80. The van der Waals surface area contributed by atoms with Gasteiger partial charge in [-0.1, -0.05) is 48.9 Å². The van der Waals surface area contributed by atoms with Crippen molar-refractivity contribution in [3.8, 4) is 0 Å². The lowest BCUT2D eigenvalue weighted by Gasteiger charge is -2.08.